The smallest absolute Gasteiger partial charge is 0.272 e. The van der Waals surface area contributed by atoms with Gasteiger partial charge in [0.1, 0.15) is 5.69 Å². The average Bonchev–Trinajstić information content (AvgIpc) is 2.62. The minimum atomic E-state index is -0.000685. The number of ether oxygens (including phenoxy) is 1. The van der Waals surface area contributed by atoms with Crippen LogP contribution >= 0.6 is 0 Å². The molecule has 2 aromatic rings. The summed E-state index contributed by atoms with van der Waals surface area (Å²) >= 11 is 0. The van der Waals surface area contributed by atoms with Gasteiger partial charge in [-0.1, -0.05) is 43.3 Å². The van der Waals surface area contributed by atoms with Crippen molar-refractivity contribution in [1.29, 1.82) is 0 Å². The van der Waals surface area contributed by atoms with Crippen molar-refractivity contribution >= 4 is 5.91 Å². The monoisotopic (exact) mass is 324 g/mol. The van der Waals surface area contributed by atoms with Crippen molar-refractivity contribution in [2.24, 2.45) is 0 Å². The van der Waals surface area contributed by atoms with Crippen molar-refractivity contribution in [2.75, 3.05) is 20.2 Å². The molecule has 1 fully saturated rings. The van der Waals surface area contributed by atoms with Crippen LogP contribution in [0.2, 0.25) is 0 Å². The van der Waals surface area contributed by atoms with Crippen LogP contribution < -0.4 is 0 Å². The fraction of sp³-hybridized carbons (Fsp3) is 0.400. The van der Waals surface area contributed by atoms with Crippen LogP contribution in [-0.2, 0) is 16.8 Å². The van der Waals surface area contributed by atoms with E-state index in [-0.39, 0.29) is 11.3 Å². The molecule has 1 saturated heterocycles. The summed E-state index contributed by atoms with van der Waals surface area (Å²) in [6.07, 6.45) is 2.10. The van der Waals surface area contributed by atoms with Crippen LogP contribution in [0.15, 0.2) is 48.5 Å². The van der Waals surface area contributed by atoms with Crippen molar-refractivity contribution < 1.29 is 9.53 Å². The Balaban J connectivity index is 1.79. The summed E-state index contributed by atoms with van der Waals surface area (Å²) < 4.78 is 5.11. The number of carbonyl (C=O) groups is 1. The lowest BCUT2D eigenvalue weighted by molar-refractivity contribution is 0.0644. The van der Waals surface area contributed by atoms with Gasteiger partial charge in [0.05, 0.1) is 12.3 Å². The molecule has 0 bridgehead atoms. The lowest BCUT2D eigenvalue weighted by Crippen LogP contribution is -2.47. The first-order chi connectivity index (χ1) is 11.6. The number of nitrogens with zero attached hydrogens (tertiary/aromatic N) is 2. The van der Waals surface area contributed by atoms with Gasteiger partial charge in [0.15, 0.2) is 0 Å². The van der Waals surface area contributed by atoms with E-state index in [1.54, 1.807) is 13.2 Å². The van der Waals surface area contributed by atoms with Crippen molar-refractivity contribution in [2.45, 2.75) is 31.8 Å². The highest BCUT2D eigenvalue weighted by molar-refractivity contribution is 5.92. The Bertz CT molecular complexity index is 702. The third kappa shape index (κ3) is 3.49. The van der Waals surface area contributed by atoms with Gasteiger partial charge in [-0.05, 0) is 30.5 Å². The second-order valence-electron chi connectivity index (χ2n) is 6.70. The Morgan fingerprint density at radius 2 is 2.00 bits per heavy atom. The molecule has 1 amide bonds. The molecule has 0 saturated carbocycles. The van der Waals surface area contributed by atoms with E-state index in [2.05, 4.69) is 36.2 Å². The van der Waals surface area contributed by atoms with E-state index in [9.17, 15) is 4.79 Å². The highest BCUT2D eigenvalue weighted by Gasteiger charge is 2.35. The van der Waals surface area contributed by atoms with Gasteiger partial charge in [-0.2, -0.15) is 0 Å². The van der Waals surface area contributed by atoms with E-state index in [0.29, 0.717) is 12.3 Å². The number of hydrogen-bond acceptors (Lipinski definition) is 3. The average molecular weight is 324 g/mol. The predicted molar refractivity (Wildman–Crippen MR) is 93.9 cm³/mol. The van der Waals surface area contributed by atoms with Crippen LogP contribution in [-0.4, -0.2) is 36.0 Å². The molecule has 4 nitrogen and oxygen atoms in total. The Kier molecular flexibility index (Phi) is 4.95. The summed E-state index contributed by atoms with van der Waals surface area (Å²) in [4.78, 5) is 19.3. The number of carbonyl (C=O) groups excluding carboxylic acids is 1. The molecular formula is C20H24N2O2. The number of methoxy groups -OCH3 is 1. The molecular weight excluding hydrogens is 300 g/mol. The molecule has 0 N–H and O–H groups in total. The van der Waals surface area contributed by atoms with Gasteiger partial charge in [0.2, 0.25) is 0 Å². The second kappa shape index (κ2) is 7.14. The van der Waals surface area contributed by atoms with Crippen LogP contribution in [0.3, 0.4) is 0 Å². The number of hydrogen-bond donors (Lipinski definition) is 0. The number of amides is 1. The molecule has 4 heteroatoms. The van der Waals surface area contributed by atoms with E-state index in [4.69, 9.17) is 4.74 Å². The molecule has 2 heterocycles. The predicted octanol–water partition coefficient (Wildman–Crippen LogP) is 3.42. The Labute approximate surface area is 143 Å². The number of benzene rings is 1. The van der Waals surface area contributed by atoms with E-state index in [1.165, 1.54) is 5.56 Å². The number of aromatic nitrogens is 1. The molecule has 3 rings (SSSR count). The van der Waals surface area contributed by atoms with Crippen LogP contribution in [0.25, 0.3) is 0 Å². The van der Waals surface area contributed by atoms with Gasteiger partial charge in [-0.3, -0.25) is 4.79 Å². The third-order valence-electron chi connectivity index (χ3n) is 4.77. The summed E-state index contributed by atoms with van der Waals surface area (Å²) in [5.74, 6) is 0.00908. The van der Waals surface area contributed by atoms with Crippen LogP contribution in [0, 0.1) is 0 Å². The molecule has 1 atom stereocenters. The topological polar surface area (TPSA) is 42.4 Å². The number of likely N-dealkylation sites (tertiary alicyclic amines) is 1. The second-order valence-corrected chi connectivity index (χ2v) is 6.70. The summed E-state index contributed by atoms with van der Waals surface area (Å²) in [5, 5.41) is 0. The lowest BCUT2D eigenvalue weighted by Gasteiger charge is -2.40. The summed E-state index contributed by atoms with van der Waals surface area (Å²) in [6, 6.07) is 16.0. The highest BCUT2D eigenvalue weighted by Crippen LogP contribution is 2.33. The Morgan fingerprint density at radius 1 is 1.21 bits per heavy atom. The zero-order chi connectivity index (χ0) is 17.0. The maximum Gasteiger partial charge on any atom is 0.272 e. The zero-order valence-electron chi connectivity index (χ0n) is 14.4. The van der Waals surface area contributed by atoms with Crippen LogP contribution in [0.1, 0.15) is 41.5 Å². The van der Waals surface area contributed by atoms with Gasteiger partial charge in [0.25, 0.3) is 5.91 Å². The van der Waals surface area contributed by atoms with E-state index >= 15 is 0 Å². The van der Waals surface area contributed by atoms with E-state index in [1.807, 2.05) is 23.1 Å². The highest BCUT2D eigenvalue weighted by atomic mass is 16.5. The first-order valence-corrected chi connectivity index (χ1v) is 8.42. The Hall–Kier alpha value is -2.20. The molecule has 24 heavy (non-hydrogen) atoms. The molecule has 126 valence electrons. The van der Waals surface area contributed by atoms with Crippen molar-refractivity contribution in [1.82, 2.24) is 9.88 Å². The molecule has 0 radical (unpaired) electrons. The molecule has 1 aliphatic rings. The largest absolute Gasteiger partial charge is 0.378 e. The number of piperidine rings is 1. The third-order valence-corrected chi connectivity index (χ3v) is 4.77. The molecule has 1 aromatic heterocycles. The fourth-order valence-electron chi connectivity index (χ4n) is 3.48. The van der Waals surface area contributed by atoms with Gasteiger partial charge in [0, 0.05) is 25.6 Å². The van der Waals surface area contributed by atoms with Gasteiger partial charge >= 0.3 is 0 Å². The first-order valence-electron chi connectivity index (χ1n) is 8.42. The first kappa shape index (κ1) is 16.7. The number of pyridine rings is 1. The molecule has 1 aliphatic heterocycles. The lowest BCUT2D eigenvalue weighted by atomic mass is 9.76. The molecule has 0 spiro atoms. The van der Waals surface area contributed by atoms with Gasteiger partial charge < -0.3 is 9.64 Å². The normalized spacial score (nSPS) is 20.8. The van der Waals surface area contributed by atoms with Crippen LogP contribution in [0.5, 0.6) is 0 Å². The van der Waals surface area contributed by atoms with Crippen LogP contribution in [0.4, 0.5) is 0 Å². The number of rotatable bonds is 4. The van der Waals surface area contributed by atoms with E-state index < -0.39 is 0 Å². The Morgan fingerprint density at radius 3 is 2.75 bits per heavy atom. The van der Waals surface area contributed by atoms with Crippen molar-refractivity contribution in [3.8, 4) is 0 Å². The zero-order valence-corrected chi connectivity index (χ0v) is 14.4. The molecule has 1 aromatic carbocycles. The quantitative estimate of drug-likeness (QED) is 0.865. The van der Waals surface area contributed by atoms with Crippen molar-refractivity contribution in [3.63, 3.8) is 0 Å². The fourth-order valence-corrected chi connectivity index (χ4v) is 3.48. The van der Waals surface area contributed by atoms with E-state index in [0.717, 1.165) is 31.6 Å². The maximum absolute atomic E-state index is 12.9. The van der Waals surface area contributed by atoms with Gasteiger partial charge in [-0.25, -0.2) is 4.98 Å². The SMILES string of the molecule is COCc1cccc(C(=O)N2CCCC(C)(c3ccccc3)C2)n1. The summed E-state index contributed by atoms with van der Waals surface area (Å²) in [5.41, 5.74) is 2.58. The standard InChI is InChI=1S/C20H24N2O2/c1-20(16-8-4-3-5-9-16)12-7-13-22(15-20)19(23)18-11-6-10-17(21-18)14-24-2/h3-6,8-11H,7,12-15H2,1-2H3. The van der Waals surface area contributed by atoms with Crippen molar-refractivity contribution in [3.05, 3.63) is 65.5 Å². The van der Waals surface area contributed by atoms with Gasteiger partial charge in [-0.15, -0.1) is 0 Å². The maximum atomic E-state index is 12.9. The minimum absolute atomic E-state index is 0.000685. The minimum Gasteiger partial charge on any atom is -0.378 e. The summed E-state index contributed by atoms with van der Waals surface area (Å²) in [6.45, 7) is 4.18. The summed E-state index contributed by atoms with van der Waals surface area (Å²) in [7, 11) is 1.63. The molecule has 0 aliphatic carbocycles. The molecule has 1 unspecified atom stereocenters.